The molecule has 1 aromatic heterocycles. The SMILES string of the molecule is N#CC(=Cc1ccc2[nH]ncc2c1)C(N)=O. The van der Waals surface area contributed by atoms with Gasteiger partial charge < -0.3 is 5.73 Å². The Morgan fingerprint density at radius 3 is 3.06 bits per heavy atom. The highest BCUT2D eigenvalue weighted by atomic mass is 16.1. The molecule has 0 atom stereocenters. The summed E-state index contributed by atoms with van der Waals surface area (Å²) >= 11 is 0. The smallest absolute Gasteiger partial charge is 0.259 e. The molecular weight excluding hydrogens is 204 g/mol. The largest absolute Gasteiger partial charge is 0.365 e. The molecule has 0 aliphatic carbocycles. The van der Waals surface area contributed by atoms with Gasteiger partial charge in [0.25, 0.3) is 5.91 Å². The van der Waals surface area contributed by atoms with Gasteiger partial charge in [-0.05, 0) is 23.8 Å². The van der Waals surface area contributed by atoms with Crippen LogP contribution in [0.5, 0.6) is 0 Å². The second-order valence-corrected chi connectivity index (χ2v) is 3.25. The van der Waals surface area contributed by atoms with Crippen molar-refractivity contribution in [1.82, 2.24) is 10.2 Å². The van der Waals surface area contributed by atoms with Crippen LogP contribution < -0.4 is 5.73 Å². The molecule has 2 aromatic rings. The normalized spacial score (nSPS) is 11.3. The number of rotatable bonds is 2. The molecular formula is C11H8N4O. The van der Waals surface area contributed by atoms with Crippen molar-refractivity contribution in [3.63, 3.8) is 0 Å². The molecule has 78 valence electrons. The lowest BCUT2D eigenvalue weighted by molar-refractivity contribution is -0.114. The van der Waals surface area contributed by atoms with Gasteiger partial charge in [-0.3, -0.25) is 9.89 Å². The van der Waals surface area contributed by atoms with E-state index in [0.29, 0.717) is 0 Å². The molecule has 0 bridgehead atoms. The van der Waals surface area contributed by atoms with E-state index in [-0.39, 0.29) is 5.57 Å². The Kier molecular flexibility index (Phi) is 2.40. The van der Waals surface area contributed by atoms with Crippen molar-refractivity contribution in [2.45, 2.75) is 0 Å². The first-order chi connectivity index (χ1) is 7.70. The van der Waals surface area contributed by atoms with Crippen molar-refractivity contribution >= 4 is 22.9 Å². The molecule has 0 spiro atoms. The topological polar surface area (TPSA) is 95.6 Å². The van der Waals surface area contributed by atoms with Gasteiger partial charge in [0.2, 0.25) is 0 Å². The Labute approximate surface area is 91.2 Å². The van der Waals surface area contributed by atoms with Crippen molar-refractivity contribution in [2.24, 2.45) is 5.73 Å². The van der Waals surface area contributed by atoms with Crippen molar-refractivity contribution in [3.05, 3.63) is 35.5 Å². The number of H-pyrrole nitrogens is 1. The molecule has 0 aliphatic rings. The maximum Gasteiger partial charge on any atom is 0.259 e. The van der Waals surface area contributed by atoms with Gasteiger partial charge in [-0.2, -0.15) is 10.4 Å². The van der Waals surface area contributed by atoms with Gasteiger partial charge in [0.05, 0.1) is 11.7 Å². The summed E-state index contributed by atoms with van der Waals surface area (Å²) in [4.78, 5) is 10.9. The van der Waals surface area contributed by atoms with E-state index in [1.807, 2.05) is 12.1 Å². The number of aromatic amines is 1. The number of hydrogen-bond donors (Lipinski definition) is 2. The predicted molar refractivity (Wildman–Crippen MR) is 58.9 cm³/mol. The number of carbonyl (C=O) groups is 1. The number of carbonyl (C=O) groups excluding carboxylic acids is 1. The molecule has 16 heavy (non-hydrogen) atoms. The van der Waals surface area contributed by atoms with Crippen LogP contribution in [0.2, 0.25) is 0 Å². The van der Waals surface area contributed by atoms with Crippen LogP contribution in [0.15, 0.2) is 30.0 Å². The standard InChI is InChI=1S/C11H8N4O/c12-5-8(11(13)16)3-7-1-2-10-9(4-7)6-14-15-10/h1-4,6H,(H2,13,16)(H,14,15). The second-order valence-electron chi connectivity index (χ2n) is 3.25. The van der Waals surface area contributed by atoms with Crippen LogP contribution in [-0.4, -0.2) is 16.1 Å². The highest BCUT2D eigenvalue weighted by Gasteiger charge is 2.03. The summed E-state index contributed by atoms with van der Waals surface area (Å²) in [6, 6.07) is 7.18. The van der Waals surface area contributed by atoms with Crippen LogP contribution in [0.3, 0.4) is 0 Å². The molecule has 1 aromatic carbocycles. The van der Waals surface area contributed by atoms with E-state index in [9.17, 15) is 4.79 Å². The van der Waals surface area contributed by atoms with Gasteiger partial charge in [0, 0.05) is 5.39 Å². The average molecular weight is 212 g/mol. The van der Waals surface area contributed by atoms with Gasteiger partial charge in [-0.25, -0.2) is 0 Å². The van der Waals surface area contributed by atoms with Crippen LogP contribution in [0.1, 0.15) is 5.56 Å². The van der Waals surface area contributed by atoms with E-state index in [0.717, 1.165) is 16.5 Å². The predicted octanol–water partition coefficient (Wildman–Crippen LogP) is 0.955. The molecule has 1 amide bonds. The minimum absolute atomic E-state index is 0.0668. The Balaban J connectivity index is 2.48. The molecule has 0 unspecified atom stereocenters. The van der Waals surface area contributed by atoms with E-state index in [4.69, 9.17) is 11.0 Å². The average Bonchev–Trinajstić information content (AvgIpc) is 2.72. The maximum absolute atomic E-state index is 10.9. The number of primary amides is 1. The fourth-order valence-electron chi connectivity index (χ4n) is 1.38. The Morgan fingerprint density at radius 2 is 2.38 bits per heavy atom. The Hall–Kier alpha value is -2.61. The van der Waals surface area contributed by atoms with Crippen molar-refractivity contribution in [2.75, 3.05) is 0 Å². The van der Waals surface area contributed by atoms with Gasteiger partial charge >= 0.3 is 0 Å². The maximum atomic E-state index is 10.9. The monoisotopic (exact) mass is 212 g/mol. The lowest BCUT2D eigenvalue weighted by atomic mass is 10.1. The number of nitriles is 1. The first-order valence-electron chi connectivity index (χ1n) is 4.55. The van der Waals surface area contributed by atoms with E-state index in [1.165, 1.54) is 6.08 Å². The molecule has 5 nitrogen and oxygen atoms in total. The number of hydrogen-bond acceptors (Lipinski definition) is 3. The minimum atomic E-state index is -0.727. The van der Waals surface area contributed by atoms with Gasteiger partial charge in [0.15, 0.2) is 0 Å². The molecule has 0 saturated heterocycles. The van der Waals surface area contributed by atoms with Crippen LogP contribution in [0.25, 0.3) is 17.0 Å². The summed E-state index contributed by atoms with van der Waals surface area (Å²) < 4.78 is 0. The summed E-state index contributed by atoms with van der Waals surface area (Å²) in [6.07, 6.45) is 3.12. The second kappa shape index (κ2) is 3.87. The summed E-state index contributed by atoms with van der Waals surface area (Å²) in [5, 5.41) is 16.3. The van der Waals surface area contributed by atoms with Crippen LogP contribution >= 0.6 is 0 Å². The highest BCUT2D eigenvalue weighted by molar-refractivity contribution is 6.00. The number of nitrogens with two attached hydrogens (primary N) is 1. The number of benzene rings is 1. The molecule has 0 radical (unpaired) electrons. The van der Waals surface area contributed by atoms with Gasteiger partial charge in [-0.1, -0.05) is 6.07 Å². The minimum Gasteiger partial charge on any atom is -0.365 e. The molecule has 0 aliphatic heterocycles. The summed E-state index contributed by atoms with van der Waals surface area (Å²) in [7, 11) is 0. The van der Waals surface area contributed by atoms with Crippen LogP contribution in [-0.2, 0) is 4.79 Å². The third-order valence-corrected chi connectivity index (χ3v) is 2.16. The van der Waals surface area contributed by atoms with Crippen LogP contribution in [0.4, 0.5) is 0 Å². The van der Waals surface area contributed by atoms with Crippen molar-refractivity contribution in [3.8, 4) is 6.07 Å². The number of aromatic nitrogens is 2. The summed E-state index contributed by atoms with van der Waals surface area (Å²) in [6.45, 7) is 0. The molecule has 0 saturated carbocycles. The Bertz CT molecular complexity index is 618. The van der Waals surface area contributed by atoms with E-state index in [1.54, 1.807) is 18.3 Å². The third kappa shape index (κ3) is 1.77. The fourth-order valence-corrected chi connectivity index (χ4v) is 1.38. The van der Waals surface area contributed by atoms with E-state index < -0.39 is 5.91 Å². The quantitative estimate of drug-likeness (QED) is 0.573. The fraction of sp³-hybridized carbons (Fsp3) is 0. The van der Waals surface area contributed by atoms with Gasteiger partial charge in [-0.15, -0.1) is 0 Å². The first-order valence-corrected chi connectivity index (χ1v) is 4.55. The molecule has 2 rings (SSSR count). The highest BCUT2D eigenvalue weighted by Crippen LogP contribution is 2.15. The zero-order chi connectivity index (χ0) is 11.5. The summed E-state index contributed by atoms with van der Waals surface area (Å²) in [5.41, 5.74) is 6.61. The van der Waals surface area contributed by atoms with Gasteiger partial charge in [0.1, 0.15) is 11.6 Å². The molecule has 5 heteroatoms. The van der Waals surface area contributed by atoms with E-state index in [2.05, 4.69) is 10.2 Å². The number of nitrogens with one attached hydrogen (secondary N) is 1. The number of fused-ring (bicyclic) bond motifs is 1. The Morgan fingerprint density at radius 1 is 1.56 bits per heavy atom. The van der Waals surface area contributed by atoms with Crippen LogP contribution in [0, 0.1) is 11.3 Å². The molecule has 3 N–H and O–H groups in total. The van der Waals surface area contributed by atoms with E-state index >= 15 is 0 Å². The molecule has 0 fully saturated rings. The third-order valence-electron chi connectivity index (χ3n) is 2.16. The lowest BCUT2D eigenvalue weighted by Gasteiger charge is -1.95. The lowest BCUT2D eigenvalue weighted by Crippen LogP contribution is -2.12. The number of amides is 1. The zero-order valence-electron chi connectivity index (χ0n) is 8.27. The molecule has 1 heterocycles. The summed E-state index contributed by atoms with van der Waals surface area (Å²) in [5.74, 6) is -0.727. The first kappa shape index (κ1) is 9.93. The zero-order valence-corrected chi connectivity index (χ0v) is 8.27. The number of nitrogens with zero attached hydrogens (tertiary/aromatic N) is 2. The van der Waals surface area contributed by atoms with Crippen molar-refractivity contribution in [1.29, 1.82) is 5.26 Å². The van der Waals surface area contributed by atoms with Crippen molar-refractivity contribution < 1.29 is 4.79 Å².